The monoisotopic (exact) mass is 577 g/mol. The number of hydrogen-bond donors (Lipinski definition) is 2. The van der Waals surface area contributed by atoms with Crippen molar-refractivity contribution in [2.45, 2.75) is 38.0 Å². The minimum atomic E-state index is -5.08. The van der Waals surface area contributed by atoms with E-state index in [9.17, 15) is 26.3 Å². The Hall–Kier alpha value is -4.05. The van der Waals surface area contributed by atoms with Crippen LogP contribution in [0.2, 0.25) is 0 Å². The summed E-state index contributed by atoms with van der Waals surface area (Å²) < 4.78 is 71.4. The largest absolute Gasteiger partial charge is 0.490 e. The van der Waals surface area contributed by atoms with E-state index in [2.05, 4.69) is 38.4 Å². The average molecular weight is 577 g/mol. The van der Waals surface area contributed by atoms with Gasteiger partial charge in [0.25, 0.3) is 0 Å². The Morgan fingerprint density at radius 1 is 0.975 bits per heavy atom. The van der Waals surface area contributed by atoms with Crippen molar-refractivity contribution in [2.24, 2.45) is 7.05 Å². The normalized spacial score (nSPS) is 15.1. The predicted octanol–water partition coefficient (Wildman–Crippen LogP) is 3.79. The number of hydrogen-bond acceptors (Lipinski definition) is 7. The van der Waals surface area contributed by atoms with Crippen LogP contribution in [-0.2, 0) is 41.1 Å². The molecule has 10 nitrogen and oxygen atoms in total. The summed E-state index contributed by atoms with van der Waals surface area (Å²) in [6, 6.07) is 14.4. The second-order valence-corrected chi connectivity index (χ2v) is 8.38. The van der Waals surface area contributed by atoms with E-state index in [-0.39, 0.29) is 5.92 Å². The van der Waals surface area contributed by atoms with Crippen molar-refractivity contribution in [1.29, 1.82) is 0 Å². The SMILES string of the molecule is Cn1nnc2c1C(COCc1ccccc1)CN(Cc1cccnc1)C2.O=C(O)C(F)(F)F.O=C(O)C(F)(F)F. The molecule has 1 aliphatic heterocycles. The van der Waals surface area contributed by atoms with Gasteiger partial charge < -0.3 is 14.9 Å². The molecule has 0 amide bonds. The highest BCUT2D eigenvalue weighted by Crippen LogP contribution is 2.28. The Bertz CT molecular complexity index is 1200. The van der Waals surface area contributed by atoms with Crippen LogP contribution >= 0.6 is 0 Å². The Kier molecular flexibility index (Phi) is 11.6. The summed E-state index contributed by atoms with van der Waals surface area (Å²) in [5.41, 5.74) is 4.65. The van der Waals surface area contributed by atoms with Crippen LogP contribution in [0.15, 0.2) is 54.9 Å². The number of ether oxygens (including phenoxy) is 1. The number of aromatic nitrogens is 4. The molecule has 4 rings (SSSR count). The number of carboxylic acid groups (broad SMARTS) is 2. The molecule has 1 aromatic carbocycles. The summed E-state index contributed by atoms with van der Waals surface area (Å²) in [5, 5.41) is 22.8. The highest BCUT2D eigenvalue weighted by molar-refractivity contribution is 5.73. The Balaban J connectivity index is 0.000000333. The standard InChI is InChI=1S/C20H23N5O.2C2HF3O2/c1-24-20-18(15-26-14-16-6-3-2-4-7-16)12-25(13-19(20)22-23-24)11-17-8-5-9-21-10-17;2*3-2(4,5)1(6)7/h2-10,18H,11-15H2,1H3;2*(H,6,7). The number of nitrogens with zero attached hydrogens (tertiary/aromatic N) is 5. The second-order valence-electron chi connectivity index (χ2n) is 8.38. The van der Waals surface area contributed by atoms with E-state index < -0.39 is 24.3 Å². The van der Waals surface area contributed by atoms with E-state index in [4.69, 9.17) is 24.5 Å². The highest BCUT2D eigenvalue weighted by Gasteiger charge is 2.39. The number of aliphatic carboxylic acids is 2. The van der Waals surface area contributed by atoms with Crippen LogP contribution in [0.5, 0.6) is 0 Å². The first-order valence-corrected chi connectivity index (χ1v) is 11.4. The molecule has 0 fully saturated rings. The molecule has 1 atom stereocenters. The van der Waals surface area contributed by atoms with Gasteiger partial charge in [-0.05, 0) is 17.2 Å². The number of pyridine rings is 1. The Morgan fingerprint density at radius 3 is 2.08 bits per heavy atom. The van der Waals surface area contributed by atoms with Crippen LogP contribution in [0.1, 0.15) is 28.4 Å². The second kappa shape index (κ2) is 14.4. The van der Waals surface area contributed by atoms with E-state index in [0.717, 1.165) is 25.3 Å². The maximum atomic E-state index is 10.6. The fraction of sp³-hybridized carbons (Fsp3) is 0.375. The molecule has 3 aromatic rings. The fourth-order valence-corrected chi connectivity index (χ4v) is 3.59. The van der Waals surface area contributed by atoms with Crippen LogP contribution in [-0.4, -0.2) is 72.5 Å². The summed E-state index contributed by atoms with van der Waals surface area (Å²) >= 11 is 0. The third kappa shape index (κ3) is 10.6. The topological polar surface area (TPSA) is 131 Å². The molecule has 0 saturated carbocycles. The number of alkyl halides is 6. The van der Waals surface area contributed by atoms with Gasteiger partial charge in [0.15, 0.2) is 0 Å². The summed E-state index contributed by atoms with van der Waals surface area (Å²) in [6.45, 7) is 3.89. The number of benzene rings is 1. The lowest BCUT2D eigenvalue weighted by Gasteiger charge is -2.32. The Morgan fingerprint density at radius 2 is 1.55 bits per heavy atom. The molecule has 40 heavy (non-hydrogen) atoms. The number of fused-ring (bicyclic) bond motifs is 1. The van der Waals surface area contributed by atoms with Crippen molar-refractivity contribution in [1.82, 2.24) is 24.9 Å². The zero-order chi connectivity index (χ0) is 29.9. The lowest BCUT2D eigenvalue weighted by atomic mass is 9.98. The van der Waals surface area contributed by atoms with Crippen molar-refractivity contribution < 1.29 is 50.9 Å². The molecule has 0 bridgehead atoms. The fourth-order valence-electron chi connectivity index (χ4n) is 3.59. The van der Waals surface area contributed by atoms with E-state index in [1.807, 2.05) is 42.2 Å². The molecule has 16 heteroatoms. The van der Waals surface area contributed by atoms with Crippen LogP contribution < -0.4 is 0 Å². The summed E-state index contributed by atoms with van der Waals surface area (Å²) in [5.74, 6) is -5.25. The van der Waals surface area contributed by atoms with Crippen molar-refractivity contribution >= 4 is 11.9 Å². The van der Waals surface area contributed by atoms with E-state index in [0.29, 0.717) is 13.2 Å². The van der Waals surface area contributed by atoms with Gasteiger partial charge in [-0.25, -0.2) is 9.59 Å². The zero-order valence-electron chi connectivity index (χ0n) is 20.9. The average Bonchev–Trinajstić information content (AvgIpc) is 3.25. The Labute approximate surface area is 223 Å². The first kappa shape index (κ1) is 32.2. The van der Waals surface area contributed by atoms with Crippen molar-refractivity contribution in [2.75, 3.05) is 13.2 Å². The van der Waals surface area contributed by atoms with Gasteiger partial charge in [0.1, 0.15) is 5.69 Å². The first-order valence-electron chi connectivity index (χ1n) is 11.4. The zero-order valence-corrected chi connectivity index (χ0v) is 20.9. The summed E-state index contributed by atoms with van der Waals surface area (Å²) in [4.78, 5) is 24.4. The number of carboxylic acids is 2. The van der Waals surface area contributed by atoms with Gasteiger partial charge in [-0.15, -0.1) is 5.10 Å². The molecule has 2 N–H and O–H groups in total. The lowest BCUT2D eigenvalue weighted by Crippen LogP contribution is -2.36. The van der Waals surface area contributed by atoms with Gasteiger partial charge >= 0.3 is 24.3 Å². The molecular weight excluding hydrogens is 552 g/mol. The van der Waals surface area contributed by atoms with E-state index in [1.54, 1.807) is 6.20 Å². The van der Waals surface area contributed by atoms with Crippen molar-refractivity contribution in [3.05, 3.63) is 77.4 Å². The highest BCUT2D eigenvalue weighted by atomic mass is 19.4. The summed E-state index contributed by atoms with van der Waals surface area (Å²) in [6.07, 6.45) is -6.44. The number of aryl methyl sites for hydroxylation is 1. The predicted molar refractivity (Wildman–Crippen MR) is 126 cm³/mol. The molecule has 0 saturated heterocycles. The quantitative estimate of drug-likeness (QED) is 0.420. The van der Waals surface area contributed by atoms with Crippen LogP contribution in [0, 0.1) is 0 Å². The van der Waals surface area contributed by atoms with Gasteiger partial charge in [-0.2, -0.15) is 26.3 Å². The third-order valence-corrected chi connectivity index (χ3v) is 5.23. The summed E-state index contributed by atoms with van der Waals surface area (Å²) in [7, 11) is 1.97. The van der Waals surface area contributed by atoms with Crippen LogP contribution in [0.3, 0.4) is 0 Å². The van der Waals surface area contributed by atoms with E-state index in [1.165, 1.54) is 16.8 Å². The maximum Gasteiger partial charge on any atom is 0.490 e. The third-order valence-electron chi connectivity index (χ3n) is 5.23. The molecule has 3 heterocycles. The molecule has 0 radical (unpaired) electrons. The minimum Gasteiger partial charge on any atom is -0.475 e. The molecule has 1 unspecified atom stereocenters. The molecule has 0 spiro atoms. The van der Waals surface area contributed by atoms with Crippen LogP contribution in [0.25, 0.3) is 0 Å². The van der Waals surface area contributed by atoms with Gasteiger partial charge in [0.05, 0.1) is 18.9 Å². The maximum absolute atomic E-state index is 10.6. The number of rotatable bonds is 6. The molecule has 0 aliphatic carbocycles. The first-order chi connectivity index (χ1) is 18.7. The smallest absolute Gasteiger partial charge is 0.475 e. The van der Waals surface area contributed by atoms with Gasteiger partial charge in [-0.1, -0.05) is 41.6 Å². The van der Waals surface area contributed by atoms with Crippen molar-refractivity contribution in [3.8, 4) is 0 Å². The molecular formula is C24H25F6N5O5. The van der Waals surface area contributed by atoms with Crippen LogP contribution in [0.4, 0.5) is 26.3 Å². The number of carbonyl (C=O) groups is 2. The van der Waals surface area contributed by atoms with Gasteiger partial charge in [0.2, 0.25) is 0 Å². The minimum absolute atomic E-state index is 0.263. The van der Waals surface area contributed by atoms with Gasteiger partial charge in [-0.3, -0.25) is 14.6 Å². The molecule has 1 aliphatic rings. The molecule has 218 valence electrons. The lowest BCUT2D eigenvalue weighted by molar-refractivity contribution is -0.193. The number of halogens is 6. The molecule has 2 aromatic heterocycles. The van der Waals surface area contributed by atoms with Crippen molar-refractivity contribution in [3.63, 3.8) is 0 Å². The van der Waals surface area contributed by atoms with E-state index >= 15 is 0 Å². The van der Waals surface area contributed by atoms with Gasteiger partial charge in [0, 0.05) is 45.0 Å².